The molecule has 4 nitrogen and oxygen atoms in total. The number of carbonyl (C=O) groups is 1. The molecule has 1 amide bonds. The Morgan fingerprint density at radius 3 is 2.25 bits per heavy atom. The number of carbonyl (C=O) groups excluding carboxylic acids is 1. The summed E-state index contributed by atoms with van der Waals surface area (Å²) in [5, 5.41) is 0. The van der Waals surface area contributed by atoms with E-state index in [1.165, 1.54) is 11.3 Å². The van der Waals surface area contributed by atoms with Crippen LogP contribution in [0.2, 0.25) is 0 Å². The minimum absolute atomic E-state index is 0.206. The highest BCUT2D eigenvalue weighted by atomic mass is 32.1. The van der Waals surface area contributed by atoms with E-state index in [1.807, 2.05) is 61.5 Å². The summed E-state index contributed by atoms with van der Waals surface area (Å²) in [4.78, 5) is 31.9. The van der Waals surface area contributed by atoms with E-state index in [0.717, 1.165) is 27.3 Å². The molecule has 4 rings (SSSR count). The maximum Gasteiger partial charge on any atom is 0.279 e. The van der Waals surface area contributed by atoms with Crippen LogP contribution in [0.5, 0.6) is 0 Å². The van der Waals surface area contributed by atoms with Gasteiger partial charge in [-0.3, -0.25) is 14.2 Å². The van der Waals surface area contributed by atoms with Crippen molar-refractivity contribution >= 4 is 17.2 Å². The van der Waals surface area contributed by atoms with Gasteiger partial charge in [-0.1, -0.05) is 91.4 Å². The monoisotopic (exact) mass is 440 g/mol. The molecule has 0 aliphatic rings. The normalized spacial score (nSPS) is 11.7. The Balaban J connectivity index is 2.00. The van der Waals surface area contributed by atoms with Crippen LogP contribution in [0.3, 0.4) is 0 Å². The van der Waals surface area contributed by atoms with Gasteiger partial charge in [0.25, 0.3) is 11.5 Å². The maximum atomic E-state index is 13.4. The van der Waals surface area contributed by atoms with Gasteiger partial charge in [-0.2, -0.15) is 4.99 Å². The van der Waals surface area contributed by atoms with Crippen LogP contribution in [0.4, 0.5) is 0 Å². The third-order valence-corrected chi connectivity index (χ3v) is 6.25. The van der Waals surface area contributed by atoms with Crippen LogP contribution >= 0.6 is 11.3 Å². The Labute approximate surface area is 191 Å². The van der Waals surface area contributed by atoms with Crippen molar-refractivity contribution in [1.82, 2.24) is 4.57 Å². The first kappa shape index (κ1) is 21.7. The first-order valence-electron chi connectivity index (χ1n) is 10.5. The zero-order chi connectivity index (χ0) is 22.7. The average Bonchev–Trinajstić information content (AvgIpc) is 2.80. The van der Waals surface area contributed by atoms with E-state index in [2.05, 4.69) is 18.8 Å². The molecule has 0 saturated heterocycles. The third kappa shape index (κ3) is 4.53. The Hall–Kier alpha value is -3.57. The molecule has 0 fully saturated rings. The molecule has 32 heavy (non-hydrogen) atoms. The van der Waals surface area contributed by atoms with Gasteiger partial charge in [0.2, 0.25) is 4.80 Å². The lowest BCUT2D eigenvalue weighted by atomic mass is 10.0. The number of benzene rings is 3. The number of nitrogens with zero attached hydrogens (tertiary/aromatic N) is 2. The van der Waals surface area contributed by atoms with Crippen molar-refractivity contribution in [2.45, 2.75) is 26.7 Å². The van der Waals surface area contributed by atoms with E-state index in [-0.39, 0.29) is 17.4 Å². The lowest BCUT2D eigenvalue weighted by molar-refractivity contribution is 0.0998. The van der Waals surface area contributed by atoms with E-state index in [0.29, 0.717) is 10.4 Å². The van der Waals surface area contributed by atoms with Crippen LogP contribution in [-0.2, 0) is 0 Å². The molecular formula is C27H24N2O2S. The lowest BCUT2D eigenvalue weighted by Gasteiger charge is -2.15. The summed E-state index contributed by atoms with van der Waals surface area (Å²) < 4.78 is 1.55. The molecule has 4 aromatic rings. The summed E-state index contributed by atoms with van der Waals surface area (Å²) >= 11 is 1.34. The van der Waals surface area contributed by atoms with Gasteiger partial charge in [-0.15, -0.1) is 0 Å². The SMILES string of the molecule is Cc1ccc(-c2cc(=O)n(-c3ccccc3C(C)C)c(=NC(=O)c3ccccc3)s2)cc1. The Morgan fingerprint density at radius 2 is 1.56 bits per heavy atom. The molecule has 0 aliphatic carbocycles. The number of aromatic nitrogens is 1. The molecule has 3 aromatic carbocycles. The highest BCUT2D eigenvalue weighted by molar-refractivity contribution is 7.12. The largest absolute Gasteiger partial charge is 0.279 e. The van der Waals surface area contributed by atoms with Gasteiger partial charge in [0.15, 0.2) is 0 Å². The van der Waals surface area contributed by atoms with Crippen LogP contribution in [0.1, 0.15) is 41.3 Å². The van der Waals surface area contributed by atoms with Gasteiger partial charge in [0.1, 0.15) is 0 Å². The second-order valence-electron chi connectivity index (χ2n) is 7.93. The second kappa shape index (κ2) is 9.28. The first-order valence-corrected chi connectivity index (χ1v) is 11.3. The molecule has 5 heteroatoms. The molecule has 1 heterocycles. The second-order valence-corrected chi connectivity index (χ2v) is 8.94. The summed E-state index contributed by atoms with van der Waals surface area (Å²) in [6.07, 6.45) is 0. The van der Waals surface area contributed by atoms with E-state index in [1.54, 1.807) is 34.9 Å². The van der Waals surface area contributed by atoms with Crippen LogP contribution < -0.4 is 10.4 Å². The Morgan fingerprint density at radius 1 is 0.906 bits per heavy atom. The Bertz CT molecular complexity index is 1380. The maximum absolute atomic E-state index is 13.4. The molecule has 0 atom stereocenters. The number of amides is 1. The quantitative estimate of drug-likeness (QED) is 0.406. The average molecular weight is 441 g/mol. The number of hydrogen-bond acceptors (Lipinski definition) is 3. The van der Waals surface area contributed by atoms with Crippen LogP contribution in [0.25, 0.3) is 16.1 Å². The minimum Gasteiger partial charge on any atom is -0.269 e. The van der Waals surface area contributed by atoms with E-state index in [9.17, 15) is 9.59 Å². The minimum atomic E-state index is -0.377. The van der Waals surface area contributed by atoms with Crippen molar-refractivity contribution in [3.8, 4) is 16.1 Å². The number of aryl methyl sites for hydroxylation is 1. The molecule has 160 valence electrons. The van der Waals surface area contributed by atoms with Crippen LogP contribution in [-0.4, -0.2) is 10.5 Å². The number of hydrogen-bond donors (Lipinski definition) is 0. The fraction of sp³-hybridized carbons (Fsp3) is 0.148. The molecule has 0 radical (unpaired) electrons. The van der Waals surface area contributed by atoms with Crippen molar-refractivity contribution in [1.29, 1.82) is 0 Å². The summed E-state index contributed by atoms with van der Waals surface area (Å²) in [7, 11) is 0. The summed E-state index contributed by atoms with van der Waals surface area (Å²) in [5.74, 6) is -0.171. The molecule has 0 saturated carbocycles. The predicted octanol–water partition coefficient (Wildman–Crippen LogP) is 5.74. The lowest BCUT2D eigenvalue weighted by Crippen LogP contribution is -2.31. The first-order chi connectivity index (χ1) is 15.4. The molecule has 0 unspecified atom stereocenters. The van der Waals surface area contributed by atoms with Crippen molar-refractivity contribution in [3.63, 3.8) is 0 Å². The fourth-order valence-corrected chi connectivity index (χ4v) is 4.53. The highest BCUT2D eigenvalue weighted by Gasteiger charge is 2.14. The van der Waals surface area contributed by atoms with Crippen LogP contribution in [0.15, 0.2) is 94.7 Å². The predicted molar refractivity (Wildman–Crippen MR) is 131 cm³/mol. The standard InChI is InChI=1S/C27H24N2O2S/c1-18(2)22-11-7-8-12-23(22)29-25(30)17-24(20-15-13-19(3)14-16-20)32-27(29)28-26(31)21-9-5-4-6-10-21/h4-18H,1-3H3. The summed E-state index contributed by atoms with van der Waals surface area (Å²) in [6, 6.07) is 26.3. The van der Waals surface area contributed by atoms with Crippen molar-refractivity contribution < 1.29 is 4.79 Å². The van der Waals surface area contributed by atoms with Gasteiger partial charge < -0.3 is 0 Å². The fourth-order valence-electron chi connectivity index (χ4n) is 3.51. The summed E-state index contributed by atoms with van der Waals surface area (Å²) in [5.41, 5.74) is 4.10. The molecular weight excluding hydrogens is 416 g/mol. The van der Waals surface area contributed by atoms with Gasteiger partial charge in [0.05, 0.1) is 5.69 Å². The van der Waals surface area contributed by atoms with Gasteiger partial charge in [-0.25, -0.2) is 0 Å². The Kier molecular flexibility index (Phi) is 6.28. The van der Waals surface area contributed by atoms with Crippen LogP contribution in [0, 0.1) is 6.92 Å². The van der Waals surface area contributed by atoms with Crippen molar-refractivity contribution in [3.05, 3.63) is 117 Å². The topological polar surface area (TPSA) is 51.4 Å². The highest BCUT2D eigenvalue weighted by Crippen LogP contribution is 2.24. The van der Waals surface area contributed by atoms with E-state index in [4.69, 9.17) is 0 Å². The molecule has 0 bridgehead atoms. The third-order valence-electron chi connectivity index (χ3n) is 5.22. The van der Waals surface area contributed by atoms with Gasteiger partial charge in [0, 0.05) is 16.5 Å². The number of para-hydroxylation sites is 1. The zero-order valence-electron chi connectivity index (χ0n) is 18.3. The van der Waals surface area contributed by atoms with Crippen molar-refractivity contribution in [2.24, 2.45) is 4.99 Å². The smallest absolute Gasteiger partial charge is 0.269 e. The molecule has 0 spiro atoms. The van der Waals surface area contributed by atoms with Crippen molar-refractivity contribution in [2.75, 3.05) is 0 Å². The summed E-state index contributed by atoms with van der Waals surface area (Å²) in [6.45, 7) is 6.19. The van der Waals surface area contributed by atoms with E-state index >= 15 is 0 Å². The molecule has 0 N–H and O–H groups in total. The molecule has 1 aromatic heterocycles. The zero-order valence-corrected chi connectivity index (χ0v) is 19.1. The molecule has 0 aliphatic heterocycles. The number of rotatable bonds is 4. The van der Waals surface area contributed by atoms with E-state index < -0.39 is 0 Å². The van der Waals surface area contributed by atoms with Gasteiger partial charge in [-0.05, 0) is 42.2 Å². The van der Waals surface area contributed by atoms with Gasteiger partial charge >= 0.3 is 0 Å².